The Labute approximate surface area is 125 Å². The van der Waals surface area contributed by atoms with E-state index in [4.69, 9.17) is 17.0 Å². The van der Waals surface area contributed by atoms with Gasteiger partial charge in [0.25, 0.3) is 0 Å². The quantitative estimate of drug-likeness (QED) is 0.700. The molecule has 1 aromatic carbocycles. The lowest BCUT2D eigenvalue weighted by Gasteiger charge is -2.16. The number of thiocarbonyl (C=S) groups is 1. The highest BCUT2D eigenvalue weighted by atomic mass is 32.1. The average Bonchev–Trinajstić information content (AvgIpc) is 2.41. The van der Waals surface area contributed by atoms with E-state index in [-0.39, 0.29) is 11.9 Å². The zero-order valence-corrected chi connectivity index (χ0v) is 12.8. The van der Waals surface area contributed by atoms with Crippen molar-refractivity contribution >= 4 is 28.9 Å². The SMILES string of the molecule is CCNC(=O)[C@@H](C)NC(=S)Nc1ccc(OCC)cc1. The van der Waals surface area contributed by atoms with Crippen molar-refractivity contribution in [2.45, 2.75) is 26.8 Å². The number of rotatable bonds is 6. The second kappa shape index (κ2) is 8.37. The minimum Gasteiger partial charge on any atom is -0.494 e. The number of nitrogens with one attached hydrogen (secondary N) is 3. The Kier molecular flexibility index (Phi) is 6.79. The summed E-state index contributed by atoms with van der Waals surface area (Å²) in [7, 11) is 0. The highest BCUT2D eigenvalue weighted by Crippen LogP contribution is 2.15. The van der Waals surface area contributed by atoms with Crippen LogP contribution >= 0.6 is 12.2 Å². The first kappa shape index (κ1) is 16.2. The summed E-state index contributed by atoms with van der Waals surface area (Å²) >= 11 is 5.17. The van der Waals surface area contributed by atoms with Gasteiger partial charge in [-0.1, -0.05) is 0 Å². The van der Waals surface area contributed by atoms with Crippen molar-refractivity contribution in [3.63, 3.8) is 0 Å². The van der Waals surface area contributed by atoms with Gasteiger partial charge in [-0.05, 0) is 57.3 Å². The molecule has 0 aliphatic carbocycles. The third kappa shape index (κ3) is 5.44. The Balaban J connectivity index is 2.47. The first-order chi connectivity index (χ1) is 9.56. The number of amides is 1. The summed E-state index contributed by atoms with van der Waals surface area (Å²) in [6.07, 6.45) is 0. The molecule has 1 rings (SSSR count). The molecule has 0 saturated heterocycles. The average molecular weight is 295 g/mol. The first-order valence-corrected chi connectivity index (χ1v) is 7.05. The summed E-state index contributed by atoms with van der Waals surface area (Å²) in [6, 6.07) is 7.09. The van der Waals surface area contributed by atoms with Crippen LogP contribution < -0.4 is 20.7 Å². The Bertz CT molecular complexity index is 448. The summed E-state index contributed by atoms with van der Waals surface area (Å²) in [5.41, 5.74) is 0.842. The van der Waals surface area contributed by atoms with Gasteiger partial charge in [0.2, 0.25) is 5.91 Å². The number of likely N-dealkylation sites (N-methyl/N-ethyl adjacent to an activating group) is 1. The second-order valence-electron chi connectivity index (χ2n) is 4.17. The Hall–Kier alpha value is -1.82. The van der Waals surface area contributed by atoms with Gasteiger partial charge in [0.05, 0.1) is 6.61 Å². The maximum atomic E-state index is 11.6. The third-order valence-corrected chi connectivity index (χ3v) is 2.73. The lowest BCUT2D eigenvalue weighted by Crippen LogP contribution is -2.46. The molecule has 0 aromatic heterocycles. The molecule has 0 bridgehead atoms. The van der Waals surface area contributed by atoms with Gasteiger partial charge in [-0.25, -0.2) is 0 Å². The van der Waals surface area contributed by atoms with E-state index in [9.17, 15) is 4.79 Å². The van der Waals surface area contributed by atoms with Crippen LogP contribution in [0.2, 0.25) is 0 Å². The van der Waals surface area contributed by atoms with Gasteiger partial charge in [-0.15, -0.1) is 0 Å². The van der Waals surface area contributed by atoms with Crippen LogP contribution in [0.5, 0.6) is 5.75 Å². The van der Waals surface area contributed by atoms with Crippen molar-refractivity contribution in [1.82, 2.24) is 10.6 Å². The van der Waals surface area contributed by atoms with E-state index in [0.717, 1.165) is 11.4 Å². The van der Waals surface area contributed by atoms with Gasteiger partial charge in [-0.2, -0.15) is 0 Å². The Morgan fingerprint density at radius 3 is 2.50 bits per heavy atom. The molecule has 5 nitrogen and oxygen atoms in total. The number of hydrogen-bond donors (Lipinski definition) is 3. The van der Waals surface area contributed by atoms with Crippen molar-refractivity contribution in [1.29, 1.82) is 0 Å². The summed E-state index contributed by atoms with van der Waals surface area (Å²) in [4.78, 5) is 11.6. The number of ether oxygens (including phenoxy) is 1. The van der Waals surface area contributed by atoms with E-state index >= 15 is 0 Å². The largest absolute Gasteiger partial charge is 0.494 e. The molecule has 110 valence electrons. The minimum atomic E-state index is -0.377. The summed E-state index contributed by atoms with van der Waals surface area (Å²) in [6.45, 7) is 6.81. The molecular formula is C14H21N3O2S. The number of hydrogen-bond acceptors (Lipinski definition) is 3. The summed E-state index contributed by atoms with van der Waals surface area (Å²) in [5.74, 6) is 0.732. The minimum absolute atomic E-state index is 0.0802. The van der Waals surface area contributed by atoms with Crippen LogP contribution in [0.15, 0.2) is 24.3 Å². The number of carbonyl (C=O) groups excluding carboxylic acids is 1. The molecular weight excluding hydrogens is 274 g/mol. The molecule has 3 N–H and O–H groups in total. The first-order valence-electron chi connectivity index (χ1n) is 6.64. The van der Waals surface area contributed by atoms with E-state index in [1.54, 1.807) is 6.92 Å². The van der Waals surface area contributed by atoms with Gasteiger partial charge in [0, 0.05) is 12.2 Å². The Morgan fingerprint density at radius 1 is 1.30 bits per heavy atom. The molecule has 1 atom stereocenters. The molecule has 0 saturated carbocycles. The predicted molar refractivity (Wildman–Crippen MR) is 85.1 cm³/mol. The fourth-order valence-corrected chi connectivity index (χ4v) is 1.85. The second-order valence-corrected chi connectivity index (χ2v) is 4.58. The monoisotopic (exact) mass is 295 g/mol. The third-order valence-electron chi connectivity index (χ3n) is 2.52. The lowest BCUT2D eigenvalue weighted by atomic mass is 10.3. The van der Waals surface area contributed by atoms with Crippen LogP contribution in [0, 0.1) is 0 Å². The van der Waals surface area contributed by atoms with Gasteiger partial charge in [0.15, 0.2) is 5.11 Å². The molecule has 0 radical (unpaired) electrons. The highest BCUT2D eigenvalue weighted by molar-refractivity contribution is 7.80. The van der Waals surface area contributed by atoms with Crippen LogP contribution in [0.3, 0.4) is 0 Å². The van der Waals surface area contributed by atoms with Crippen LogP contribution in [0.25, 0.3) is 0 Å². The summed E-state index contributed by atoms with van der Waals surface area (Å²) in [5, 5.41) is 9.09. The fourth-order valence-electron chi connectivity index (χ4n) is 1.56. The lowest BCUT2D eigenvalue weighted by molar-refractivity contribution is -0.122. The molecule has 0 heterocycles. The van der Waals surface area contributed by atoms with Crippen molar-refractivity contribution in [3.05, 3.63) is 24.3 Å². The molecule has 0 unspecified atom stereocenters. The molecule has 0 fully saturated rings. The van der Waals surface area contributed by atoms with Crippen LogP contribution in [0.1, 0.15) is 20.8 Å². The van der Waals surface area contributed by atoms with E-state index in [1.165, 1.54) is 0 Å². The molecule has 0 aliphatic heterocycles. The van der Waals surface area contributed by atoms with Crippen LogP contribution in [0.4, 0.5) is 5.69 Å². The molecule has 20 heavy (non-hydrogen) atoms. The van der Waals surface area contributed by atoms with Gasteiger partial charge < -0.3 is 20.7 Å². The smallest absolute Gasteiger partial charge is 0.242 e. The normalized spacial score (nSPS) is 11.3. The fraction of sp³-hybridized carbons (Fsp3) is 0.429. The van der Waals surface area contributed by atoms with E-state index in [2.05, 4.69) is 16.0 Å². The van der Waals surface area contributed by atoms with Gasteiger partial charge in [-0.3, -0.25) is 4.79 Å². The molecule has 0 aliphatic rings. The molecule has 1 amide bonds. The standard InChI is InChI=1S/C14H21N3O2S/c1-4-15-13(18)10(3)16-14(20)17-11-6-8-12(9-7-11)19-5-2/h6-10H,4-5H2,1-3H3,(H,15,18)(H2,16,17,20)/t10-/m1/s1. The van der Waals surface area contributed by atoms with Gasteiger partial charge >= 0.3 is 0 Å². The Morgan fingerprint density at radius 2 is 1.95 bits per heavy atom. The van der Waals surface area contributed by atoms with E-state index < -0.39 is 0 Å². The van der Waals surface area contributed by atoms with Crippen molar-refractivity contribution in [2.75, 3.05) is 18.5 Å². The van der Waals surface area contributed by atoms with Gasteiger partial charge in [0.1, 0.15) is 11.8 Å². The number of carbonyl (C=O) groups is 1. The highest BCUT2D eigenvalue weighted by Gasteiger charge is 2.12. The zero-order chi connectivity index (χ0) is 15.0. The van der Waals surface area contributed by atoms with E-state index in [0.29, 0.717) is 18.3 Å². The number of benzene rings is 1. The maximum Gasteiger partial charge on any atom is 0.242 e. The van der Waals surface area contributed by atoms with Crippen molar-refractivity contribution < 1.29 is 9.53 Å². The summed E-state index contributed by atoms with van der Waals surface area (Å²) < 4.78 is 5.36. The van der Waals surface area contributed by atoms with E-state index in [1.807, 2.05) is 38.1 Å². The maximum absolute atomic E-state index is 11.6. The van der Waals surface area contributed by atoms with Crippen LogP contribution in [-0.4, -0.2) is 30.2 Å². The predicted octanol–water partition coefficient (Wildman–Crippen LogP) is 1.90. The zero-order valence-electron chi connectivity index (χ0n) is 12.0. The van der Waals surface area contributed by atoms with Crippen molar-refractivity contribution in [2.24, 2.45) is 0 Å². The van der Waals surface area contributed by atoms with Crippen molar-refractivity contribution in [3.8, 4) is 5.75 Å². The molecule has 0 spiro atoms. The molecule has 6 heteroatoms. The number of anilines is 1. The molecule has 1 aromatic rings. The van der Waals surface area contributed by atoms with Crippen LogP contribution in [-0.2, 0) is 4.79 Å². The topological polar surface area (TPSA) is 62.4 Å².